The van der Waals surface area contributed by atoms with E-state index in [0.29, 0.717) is 5.92 Å². The molecule has 71 heavy (non-hydrogen) atoms. The normalized spacial score (nSPS) is 27.6. The van der Waals surface area contributed by atoms with Crippen LogP contribution in [0.15, 0.2) is 152 Å². The van der Waals surface area contributed by atoms with Crippen molar-refractivity contribution in [1.29, 1.82) is 0 Å². The molecule has 0 radical (unpaired) electrons. The van der Waals surface area contributed by atoms with E-state index in [9.17, 15) is 0 Å². The quantitative estimate of drug-likeness (QED) is 0.159. The summed E-state index contributed by atoms with van der Waals surface area (Å²) in [4.78, 5) is 8.68. The third-order valence-electron chi connectivity index (χ3n) is 20.8. The second-order valence-corrected chi connectivity index (χ2v) is 26.1. The van der Waals surface area contributed by atoms with E-state index >= 15 is 0 Å². The number of rotatable bonds is 5. The van der Waals surface area contributed by atoms with Crippen LogP contribution in [0, 0.1) is 17.8 Å². The van der Waals surface area contributed by atoms with Crippen LogP contribution < -0.4 is 31.1 Å². The molecule has 0 amide bonds. The molecule has 7 aromatic carbocycles. The van der Waals surface area contributed by atoms with Crippen molar-refractivity contribution in [1.82, 2.24) is 0 Å². The summed E-state index contributed by atoms with van der Waals surface area (Å²) >= 11 is 0. The lowest BCUT2D eigenvalue weighted by Gasteiger charge is -2.56. The van der Waals surface area contributed by atoms with Crippen molar-refractivity contribution >= 4 is 62.9 Å². The number of hydrogen-bond acceptors (Lipinski definition) is 3. The molecule has 0 N–H and O–H groups in total. The molecule has 9 aliphatic rings. The van der Waals surface area contributed by atoms with Crippen molar-refractivity contribution in [2.24, 2.45) is 17.8 Å². The fourth-order valence-corrected chi connectivity index (χ4v) is 17.5. The minimum atomic E-state index is -0.531. The Balaban J connectivity index is 1.08. The van der Waals surface area contributed by atoms with Crippen LogP contribution in [0.2, 0.25) is 0 Å². The topological polar surface area (TPSA) is 9.72 Å². The van der Waals surface area contributed by atoms with Gasteiger partial charge in [-0.05, 0) is 172 Å². The van der Waals surface area contributed by atoms with Crippen molar-refractivity contribution in [3.05, 3.63) is 191 Å². The fraction of sp³-hybridized carbons (Fsp3) is 0.373. The Morgan fingerprint density at radius 2 is 1.06 bits per heavy atom. The molecule has 4 heteroatoms. The van der Waals surface area contributed by atoms with Gasteiger partial charge in [0.25, 0.3) is 6.71 Å². The lowest BCUT2D eigenvalue weighted by atomic mass is 9.28. The molecule has 4 unspecified atom stereocenters. The van der Waals surface area contributed by atoms with E-state index in [2.05, 4.69) is 222 Å². The molecule has 7 aromatic rings. The van der Waals surface area contributed by atoms with E-state index in [-0.39, 0.29) is 34.0 Å². The monoisotopic (exact) mass is 926 g/mol. The van der Waals surface area contributed by atoms with E-state index < -0.39 is 5.41 Å². The molecule has 0 saturated heterocycles. The summed E-state index contributed by atoms with van der Waals surface area (Å²) in [6.07, 6.45) is 10.3. The predicted molar refractivity (Wildman–Crippen MR) is 298 cm³/mol. The SMILES string of the molecule is CC(C)(C)c1ccc(N2c3cc(N4c5ccc(C(C)(C)C)cc5C5(C)CCCCC45C)cc4c3B3c5c2cccc5C(c2ccccc2)(c2ccccc2)c2cccc(c23)N4C23CC4CC2CC4C3)cc1. The Morgan fingerprint density at radius 1 is 0.479 bits per heavy atom. The summed E-state index contributed by atoms with van der Waals surface area (Å²) < 4.78 is 0. The first-order valence-electron chi connectivity index (χ1n) is 27.4. The second kappa shape index (κ2) is 13.9. The molecular weight excluding hydrogens is 858 g/mol. The fourth-order valence-electron chi connectivity index (χ4n) is 17.5. The Kier molecular flexibility index (Phi) is 8.38. The van der Waals surface area contributed by atoms with Crippen molar-refractivity contribution < 1.29 is 0 Å². The van der Waals surface area contributed by atoms with Crippen LogP contribution in [0.1, 0.15) is 146 Å². The largest absolute Gasteiger partial charge is 0.336 e. The molecule has 4 bridgehead atoms. The van der Waals surface area contributed by atoms with E-state index in [0.717, 1.165) is 11.8 Å². The number of fused-ring (bicyclic) bond motifs is 3. The highest BCUT2D eigenvalue weighted by Crippen LogP contribution is 2.70. The van der Waals surface area contributed by atoms with Crippen LogP contribution in [0.4, 0.5) is 39.8 Å². The van der Waals surface area contributed by atoms with E-state index in [1.807, 2.05) is 0 Å². The summed E-state index contributed by atoms with van der Waals surface area (Å²) in [5, 5.41) is 0. The van der Waals surface area contributed by atoms with Crippen LogP contribution in [0.3, 0.4) is 0 Å². The highest BCUT2D eigenvalue weighted by atomic mass is 15.3. The third kappa shape index (κ3) is 5.23. The molecule has 5 aliphatic carbocycles. The van der Waals surface area contributed by atoms with E-state index in [1.54, 1.807) is 5.56 Å². The van der Waals surface area contributed by atoms with Crippen molar-refractivity contribution in [2.75, 3.05) is 14.7 Å². The molecule has 0 spiro atoms. The van der Waals surface area contributed by atoms with Crippen LogP contribution >= 0.6 is 0 Å². The van der Waals surface area contributed by atoms with Crippen molar-refractivity contribution in [2.45, 2.75) is 139 Å². The minimum absolute atomic E-state index is 0.0196. The first-order chi connectivity index (χ1) is 34.2. The van der Waals surface area contributed by atoms with E-state index in [1.165, 1.54) is 141 Å². The number of anilines is 7. The van der Waals surface area contributed by atoms with Crippen LogP contribution in [0.25, 0.3) is 0 Å². The van der Waals surface area contributed by atoms with Gasteiger partial charge in [-0.1, -0.05) is 171 Å². The van der Waals surface area contributed by atoms with Gasteiger partial charge in [-0.2, -0.15) is 0 Å². The number of hydrogen-bond donors (Lipinski definition) is 0. The number of benzene rings is 7. The molecule has 4 aliphatic heterocycles. The van der Waals surface area contributed by atoms with E-state index in [4.69, 9.17) is 0 Å². The van der Waals surface area contributed by atoms with Crippen LogP contribution in [0.5, 0.6) is 0 Å². The maximum absolute atomic E-state index is 3.06. The third-order valence-corrected chi connectivity index (χ3v) is 20.8. The predicted octanol–water partition coefficient (Wildman–Crippen LogP) is 14.7. The summed E-state index contributed by atoms with van der Waals surface area (Å²) in [7, 11) is 0. The van der Waals surface area contributed by atoms with Gasteiger partial charge in [0, 0.05) is 50.8 Å². The number of nitrogens with zero attached hydrogens (tertiary/aromatic N) is 3. The summed E-state index contributed by atoms with van der Waals surface area (Å²) in [6, 6.07) is 60.7. The summed E-state index contributed by atoms with van der Waals surface area (Å²) in [5.74, 6) is 2.37. The Hall–Kier alpha value is -6.00. The van der Waals surface area contributed by atoms with Gasteiger partial charge >= 0.3 is 0 Å². The molecule has 3 nitrogen and oxygen atoms in total. The first-order valence-corrected chi connectivity index (χ1v) is 27.4. The summed E-state index contributed by atoms with van der Waals surface area (Å²) in [5.41, 5.74) is 23.6. The lowest BCUT2D eigenvalue weighted by Crippen LogP contribution is -2.70. The molecule has 4 heterocycles. The molecule has 5 fully saturated rings. The molecule has 16 rings (SSSR count). The molecule has 354 valence electrons. The Morgan fingerprint density at radius 3 is 1.66 bits per heavy atom. The van der Waals surface area contributed by atoms with Gasteiger partial charge in [-0.3, -0.25) is 0 Å². The Labute approximate surface area is 423 Å². The van der Waals surface area contributed by atoms with Gasteiger partial charge in [0.05, 0.1) is 11.0 Å². The van der Waals surface area contributed by atoms with Gasteiger partial charge < -0.3 is 14.7 Å². The zero-order chi connectivity index (χ0) is 48.2. The molecule has 0 aromatic heterocycles. The van der Waals surface area contributed by atoms with Gasteiger partial charge in [-0.25, -0.2) is 0 Å². The molecular formula is C67H68BN3. The van der Waals surface area contributed by atoms with Crippen molar-refractivity contribution in [3.8, 4) is 0 Å². The first kappa shape index (κ1) is 42.7. The zero-order valence-electron chi connectivity index (χ0n) is 43.2. The maximum Gasteiger partial charge on any atom is 0.252 e. The zero-order valence-corrected chi connectivity index (χ0v) is 43.2. The second-order valence-electron chi connectivity index (χ2n) is 26.1. The van der Waals surface area contributed by atoms with Gasteiger partial charge in [0.1, 0.15) is 0 Å². The van der Waals surface area contributed by atoms with Gasteiger partial charge in [0.15, 0.2) is 0 Å². The van der Waals surface area contributed by atoms with Crippen LogP contribution in [-0.4, -0.2) is 17.8 Å². The van der Waals surface area contributed by atoms with Gasteiger partial charge in [-0.15, -0.1) is 0 Å². The average molecular weight is 926 g/mol. The van der Waals surface area contributed by atoms with Crippen molar-refractivity contribution in [3.63, 3.8) is 0 Å². The lowest BCUT2D eigenvalue weighted by molar-refractivity contribution is 0.195. The highest BCUT2D eigenvalue weighted by molar-refractivity contribution is 7.01. The Bertz CT molecular complexity index is 3320. The standard InChI is InChI=1S/C67H68BN3/c1-62(2,3)44-27-30-49(31-28-44)69-55-25-17-23-51-59(55)68-60-52(67(51,45-19-11-9-12-20-45)46-21-13-10-14-22-46)24-18-26-56(60)71(66-40-42-35-48(66)36-43(42)41-66)58-39-50(38-57(69)61(58)68)70-54-32-29-47(63(4,5)6)37-53(54)64(7)33-15-16-34-65(64,70)8/h9-14,17-32,37-39,42-43,48H,15-16,33-36,40-41H2,1-8H3. The molecule has 4 atom stereocenters. The maximum atomic E-state index is 3.06. The van der Waals surface area contributed by atoms with Crippen LogP contribution in [-0.2, 0) is 21.7 Å². The summed E-state index contributed by atoms with van der Waals surface area (Å²) in [6.45, 7) is 19.5. The average Bonchev–Trinajstić information content (AvgIpc) is 4.16. The molecule has 5 saturated carbocycles. The highest BCUT2D eigenvalue weighted by Gasteiger charge is 2.68. The van der Waals surface area contributed by atoms with Gasteiger partial charge in [0.2, 0.25) is 0 Å². The smallest absolute Gasteiger partial charge is 0.252 e. The minimum Gasteiger partial charge on any atom is -0.336 e.